The molecular formula is C11H11ClFN. The molecule has 2 bridgehead atoms. The number of benzene rings is 1. The van der Waals surface area contributed by atoms with E-state index < -0.39 is 0 Å². The van der Waals surface area contributed by atoms with E-state index in [1.807, 2.05) is 0 Å². The van der Waals surface area contributed by atoms with Crippen molar-refractivity contribution >= 4 is 11.6 Å². The molecule has 0 saturated heterocycles. The molecule has 1 aromatic carbocycles. The predicted molar refractivity (Wildman–Crippen MR) is 53.9 cm³/mol. The van der Waals surface area contributed by atoms with Gasteiger partial charge in [0.05, 0.1) is 0 Å². The second-order valence-electron chi connectivity index (χ2n) is 4.77. The third-order valence-corrected chi connectivity index (χ3v) is 3.88. The van der Waals surface area contributed by atoms with E-state index in [-0.39, 0.29) is 16.8 Å². The van der Waals surface area contributed by atoms with Crippen LogP contribution in [0.1, 0.15) is 24.8 Å². The second-order valence-corrected chi connectivity index (χ2v) is 5.18. The quantitative estimate of drug-likeness (QED) is 0.759. The normalized spacial score (nSPS) is 38.8. The van der Waals surface area contributed by atoms with Crippen LogP contribution in [-0.4, -0.2) is 5.54 Å². The van der Waals surface area contributed by atoms with Gasteiger partial charge in [0.25, 0.3) is 0 Å². The summed E-state index contributed by atoms with van der Waals surface area (Å²) in [5.74, 6) is -0.181. The molecule has 3 fully saturated rings. The Morgan fingerprint density at radius 3 is 2.43 bits per heavy atom. The number of halogens is 2. The molecular weight excluding hydrogens is 201 g/mol. The summed E-state index contributed by atoms with van der Waals surface area (Å²) in [7, 11) is 0. The molecule has 3 aliphatic rings. The molecule has 3 heteroatoms. The molecule has 1 nitrogen and oxygen atoms in total. The number of nitrogens with two attached hydrogens (primary N) is 1. The van der Waals surface area contributed by atoms with Gasteiger partial charge in [-0.05, 0) is 31.4 Å². The van der Waals surface area contributed by atoms with Crippen molar-refractivity contribution in [3.63, 3.8) is 0 Å². The summed E-state index contributed by atoms with van der Waals surface area (Å²) < 4.78 is 13.6. The van der Waals surface area contributed by atoms with Crippen molar-refractivity contribution in [2.75, 3.05) is 0 Å². The molecule has 4 rings (SSSR count). The number of hydrogen-bond donors (Lipinski definition) is 1. The molecule has 0 atom stereocenters. The standard InChI is InChI=1S/C11H11ClFN/c12-7-2-1-3-8(13)9(7)10-4-11(14,5-10)6-10/h1-3H,4-6,14H2. The zero-order chi connectivity index (χ0) is 9.97. The van der Waals surface area contributed by atoms with Gasteiger partial charge in [-0.2, -0.15) is 0 Å². The van der Waals surface area contributed by atoms with E-state index in [0.717, 1.165) is 19.3 Å². The molecule has 0 aromatic heterocycles. The van der Waals surface area contributed by atoms with Crippen molar-refractivity contribution in [3.8, 4) is 0 Å². The van der Waals surface area contributed by atoms with E-state index in [0.29, 0.717) is 10.6 Å². The fourth-order valence-corrected chi connectivity index (χ4v) is 3.50. The molecule has 0 radical (unpaired) electrons. The molecule has 0 heterocycles. The molecule has 1 aromatic rings. The van der Waals surface area contributed by atoms with Crippen LogP contribution < -0.4 is 5.73 Å². The van der Waals surface area contributed by atoms with Gasteiger partial charge in [0.15, 0.2) is 0 Å². The third kappa shape index (κ3) is 0.882. The van der Waals surface area contributed by atoms with Crippen LogP contribution in [-0.2, 0) is 5.41 Å². The van der Waals surface area contributed by atoms with Crippen molar-refractivity contribution in [2.45, 2.75) is 30.2 Å². The van der Waals surface area contributed by atoms with Crippen LogP contribution in [0.15, 0.2) is 18.2 Å². The van der Waals surface area contributed by atoms with Crippen molar-refractivity contribution in [1.29, 1.82) is 0 Å². The minimum Gasteiger partial charge on any atom is -0.325 e. The fourth-order valence-electron chi connectivity index (χ4n) is 3.14. The van der Waals surface area contributed by atoms with E-state index in [1.165, 1.54) is 6.07 Å². The Bertz CT molecular complexity index is 376. The van der Waals surface area contributed by atoms with Crippen molar-refractivity contribution in [2.24, 2.45) is 5.73 Å². The van der Waals surface area contributed by atoms with Crippen LogP contribution in [0.5, 0.6) is 0 Å². The van der Waals surface area contributed by atoms with Crippen LogP contribution in [0.25, 0.3) is 0 Å². The minimum absolute atomic E-state index is 0.00832. The van der Waals surface area contributed by atoms with E-state index in [9.17, 15) is 4.39 Å². The highest BCUT2D eigenvalue weighted by molar-refractivity contribution is 6.31. The van der Waals surface area contributed by atoms with E-state index in [1.54, 1.807) is 12.1 Å². The zero-order valence-electron chi connectivity index (χ0n) is 7.69. The van der Waals surface area contributed by atoms with Gasteiger partial charge in [-0.25, -0.2) is 4.39 Å². The molecule has 0 aliphatic heterocycles. The van der Waals surface area contributed by atoms with E-state index in [2.05, 4.69) is 0 Å². The maximum absolute atomic E-state index is 13.6. The van der Waals surface area contributed by atoms with Gasteiger partial charge in [0.2, 0.25) is 0 Å². The summed E-state index contributed by atoms with van der Waals surface area (Å²) in [5.41, 5.74) is 6.59. The Morgan fingerprint density at radius 2 is 1.93 bits per heavy atom. The van der Waals surface area contributed by atoms with Crippen LogP contribution in [0.4, 0.5) is 4.39 Å². The average molecular weight is 212 g/mol. The van der Waals surface area contributed by atoms with Gasteiger partial charge in [-0.3, -0.25) is 0 Å². The van der Waals surface area contributed by atoms with Gasteiger partial charge < -0.3 is 5.73 Å². The maximum Gasteiger partial charge on any atom is 0.128 e. The lowest BCUT2D eigenvalue weighted by Gasteiger charge is -2.69. The predicted octanol–water partition coefficient (Wildman–Crippen LogP) is 2.61. The van der Waals surface area contributed by atoms with Gasteiger partial charge >= 0.3 is 0 Å². The fraction of sp³-hybridized carbons (Fsp3) is 0.455. The lowest BCUT2D eigenvalue weighted by atomic mass is 9.38. The van der Waals surface area contributed by atoms with Crippen molar-refractivity contribution < 1.29 is 4.39 Å². The van der Waals surface area contributed by atoms with Crippen LogP contribution in [0, 0.1) is 5.82 Å². The Kier molecular flexibility index (Phi) is 1.43. The van der Waals surface area contributed by atoms with Gasteiger partial charge in [0.1, 0.15) is 5.82 Å². The average Bonchev–Trinajstić information content (AvgIpc) is 1.98. The number of rotatable bonds is 1. The Labute approximate surface area is 87.1 Å². The largest absolute Gasteiger partial charge is 0.325 e. The summed E-state index contributed by atoms with van der Waals surface area (Å²) >= 11 is 6.02. The Morgan fingerprint density at radius 1 is 1.29 bits per heavy atom. The summed E-state index contributed by atoms with van der Waals surface area (Å²) in [5, 5.41) is 0.548. The SMILES string of the molecule is NC12CC(c3c(F)cccc3Cl)(C1)C2. The summed E-state index contributed by atoms with van der Waals surface area (Å²) in [6, 6.07) is 4.87. The molecule has 2 N–H and O–H groups in total. The molecule has 0 amide bonds. The maximum atomic E-state index is 13.6. The second kappa shape index (κ2) is 2.31. The third-order valence-electron chi connectivity index (χ3n) is 3.56. The highest BCUT2D eigenvalue weighted by atomic mass is 35.5. The molecule has 74 valence electrons. The lowest BCUT2D eigenvalue weighted by molar-refractivity contribution is -0.0611. The monoisotopic (exact) mass is 211 g/mol. The first kappa shape index (κ1) is 8.69. The highest BCUT2D eigenvalue weighted by Gasteiger charge is 2.67. The first-order valence-electron chi connectivity index (χ1n) is 4.78. The Balaban J connectivity index is 2.06. The topological polar surface area (TPSA) is 26.0 Å². The molecule has 0 unspecified atom stereocenters. The van der Waals surface area contributed by atoms with Crippen molar-refractivity contribution in [1.82, 2.24) is 0 Å². The smallest absolute Gasteiger partial charge is 0.128 e. The van der Waals surface area contributed by atoms with Gasteiger partial charge in [-0.15, -0.1) is 0 Å². The molecule has 3 aliphatic carbocycles. The zero-order valence-corrected chi connectivity index (χ0v) is 8.44. The summed E-state index contributed by atoms with van der Waals surface area (Å²) in [6.07, 6.45) is 2.67. The van der Waals surface area contributed by atoms with Crippen LogP contribution >= 0.6 is 11.6 Å². The Hall–Kier alpha value is -0.600. The number of hydrogen-bond acceptors (Lipinski definition) is 1. The summed E-state index contributed by atoms with van der Waals surface area (Å²) in [6.45, 7) is 0. The molecule has 14 heavy (non-hydrogen) atoms. The van der Waals surface area contributed by atoms with Crippen molar-refractivity contribution in [3.05, 3.63) is 34.6 Å². The highest BCUT2D eigenvalue weighted by Crippen LogP contribution is 2.67. The van der Waals surface area contributed by atoms with Crippen LogP contribution in [0.3, 0.4) is 0 Å². The van der Waals surface area contributed by atoms with E-state index in [4.69, 9.17) is 17.3 Å². The van der Waals surface area contributed by atoms with Gasteiger partial charge in [-0.1, -0.05) is 17.7 Å². The van der Waals surface area contributed by atoms with Crippen LogP contribution in [0.2, 0.25) is 5.02 Å². The molecule has 3 saturated carbocycles. The minimum atomic E-state index is -0.181. The van der Waals surface area contributed by atoms with E-state index >= 15 is 0 Å². The summed E-state index contributed by atoms with van der Waals surface area (Å²) in [4.78, 5) is 0. The first-order valence-corrected chi connectivity index (χ1v) is 5.16. The van der Waals surface area contributed by atoms with Gasteiger partial charge in [0, 0.05) is 21.5 Å². The lowest BCUT2D eigenvalue weighted by Crippen LogP contribution is -2.74. The molecule has 0 spiro atoms. The first-order chi connectivity index (χ1) is 6.55.